The van der Waals surface area contributed by atoms with Crippen molar-refractivity contribution in [1.29, 1.82) is 5.26 Å². The van der Waals surface area contributed by atoms with Gasteiger partial charge in [-0.15, -0.1) is 0 Å². The minimum absolute atomic E-state index is 0.0303. The normalized spacial score (nSPS) is 45.4. The molecular formula is C26H36FN3O2. The second-order valence-corrected chi connectivity index (χ2v) is 11.8. The zero-order valence-electron chi connectivity index (χ0n) is 19.3. The van der Waals surface area contributed by atoms with Gasteiger partial charge in [0.05, 0.1) is 30.6 Å². The maximum absolute atomic E-state index is 14.3. The van der Waals surface area contributed by atoms with Crippen LogP contribution in [0.4, 0.5) is 4.39 Å². The van der Waals surface area contributed by atoms with E-state index in [-0.39, 0.29) is 42.2 Å². The summed E-state index contributed by atoms with van der Waals surface area (Å²) in [6.45, 7) is 4.07. The number of ketones is 1. The van der Waals surface area contributed by atoms with Crippen LogP contribution in [-0.4, -0.2) is 32.9 Å². The van der Waals surface area contributed by atoms with Crippen LogP contribution in [0.1, 0.15) is 70.8 Å². The van der Waals surface area contributed by atoms with Gasteiger partial charge >= 0.3 is 0 Å². The summed E-state index contributed by atoms with van der Waals surface area (Å²) in [5.74, 6) is 2.63. The SMILES string of the molecule is C[C@@]1(O)CC[C@H]2[C@H](CC[C@@H]3[C@@H]2CC[C@]2(C)[C@@H](C(=O)Cn4cc(C#N)cn4)CC(CF)[C@@H]32)C1. The minimum Gasteiger partial charge on any atom is -0.390 e. The second-order valence-electron chi connectivity index (χ2n) is 11.8. The van der Waals surface area contributed by atoms with Gasteiger partial charge in [0.2, 0.25) is 0 Å². The van der Waals surface area contributed by atoms with Crippen LogP contribution in [0.5, 0.6) is 0 Å². The maximum Gasteiger partial charge on any atom is 0.157 e. The summed E-state index contributed by atoms with van der Waals surface area (Å²) >= 11 is 0. The molecule has 0 radical (unpaired) electrons. The van der Waals surface area contributed by atoms with Crippen molar-refractivity contribution in [2.45, 2.75) is 77.4 Å². The topological polar surface area (TPSA) is 78.9 Å². The molecule has 5 rings (SSSR count). The third kappa shape index (κ3) is 3.52. The smallest absolute Gasteiger partial charge is 0.157 e. The average molecular weight is 442 g/mol. The van der Waals surface area contributed by atoms with Gasteiger partial charge in [0, 0.05) is 12.1 Å². The van der Waals surface area contributed by atoms with Crippen molar-refractivity contribution < 1.29 is 14.3 Å². The fourth-order valence-corrected chi connectivity index (χ4v) is 8.81. The molecule has 5 nitrogen and oxygen atoms in total. The molecule has 6 heteroatoms. The fourth-order valence-electron chi connectivity index (χ4n) is 8.81. The molecule has 0 bridgehead atoms. The highest BCUT2D eigenvalue weighted by atomic mass is 19.1. The lowest BCUT2D eigenvalue weighted by molar-refractivity contribution is -0.134. The van der Waals surface area contributed by atoms with E-state index in [0.717, 1.165) is 44.9 Å². The summed E-state index contributed by atoms with van der Waals surface area (Å²) < 4.78 is 15.9. The molecule has 1 aromatic rings. The minimum atomic E-state index is -0.526. The standard InChI is InChI=1S/C26H36FN3O2/c1-25(32)7-5-19-17(10-25)3-4-21-20(19)6-8-26(2)22(9-18(11-27)24(21)26)23(31)15-30-14-16(12-28)13-29-30/h13-14,17-22,24,32H,3-11,15H2,1-2H3/t17-,18?,19+,20-,21-,22-,24+,25-,26-/m1/s1. The van der Waals surface area contributed by atoms with Gasteiger partial charge in [-0.1, -0.05) is 6.92 Å². The third-order valence-corrected chi connectivity index (χ3v) is 10.0. The van der Waals surface area contributed by atoms with Crippen LogP contribution in [0.2, 0.25) is 0 Å². The first-order chi connectivity index (χ1) is 15.3. The first-order valence-electron chi connectivity index (χ1n) is 12.5. The number of carbonyl (C=O) groups excluding carboxylic acids is 1. The number of hydrogen-bond acceptors (Lipinski definition) is 4. The molecule has 1 heterocycles. The first-order valence-corrected chi connectivity index (χ1v) is 12.5. The van der Waals surface area contributed by atoms with Crippen molar-refractivity contribution in [3.63, 3.8) is 0 Å². The highest BCUT2D eigenvalue weighted by Gasteiger charge is 2.61. The van der Waals surface area contributed by atoms with Gasteiger partial charge in [-0.3, -0.25) is 13.9 Å². The highest BCUT2D eigenvalue weighted by molar-refractivity contribution is 5.82. The Morgan fingerprint density at radius 3 is 2.75 bits per heavy atom. The van der Waals surface area contributed by atoms with Crippen LogP contribution in [0, 0.1) is 58.2 Å². The maximum atomic E-state index is 14.3. The molecule has 4 aliphatic carbocycles. The Balaban J connectivity index is 1.37. The number of carbonyl (C=O) groups is 1. The van der Waals surface area contributed by atoms with E-state index in [1.807, 2.05) is 6.92 Å². The van der Waals surface area contributed by atoms with Crippen LogP contribution >= 0.6 is 0 Å². The number of rotatable bonds is 4. The number of nitrogens with zero attached hydrogens (tertiary/aromatic N) is 3. The molecule has 0 amide bonds. The Hall–Kier alpha value is -1.74. The van der Waals surface area contributed by atoms with Crippen LogP contribution in [0.15, 0.2) is 12.4 Å². The number of aliphatic hydroxyl groups is 1. The number of Topliss-reactive ketones (excluding diaryl/α,β-unsaturated/α-hetero) is 1. The third-order valence-electron chi connectivity index (χ3n) is 10.0. The molecule has 0 aromatic carbocycles. The second kappa shape index (κ2) is 7.94. The molecule has 1 aromatic heterocycles. The summed E-state index contributed by atoms with van der Waals surface area (Å²) in [4.78, 5) is 13.4. The number of fused-ring (bicyclic) bond motifs is 5. The summed E-state index contributed by atoms with van der Waals surface area (Å²) in [6.07, 6.45) is 11.0. The molecule has 1 N–H and O–H groups in total. The summed E-state index contributed by atoms with van der Waals surface area (Å²) in [7, 11) is 0. The molecule has 1 unspecified atom stereocenters. The molecular weight excluding hydrogens is 405 g/mol. The zero-order chi connectivity index (χ0) is 22.7. The number of alkyl halides is 1. The van der Waals surface area contributed by atoms with Crippen LogP contribution < -0.4 is 0 Å². The molecule has 9 atom stereocenters. The van der Waals surface area contributed by atoms with E-state index in [4.69, 9.17) is 5.26 Å². The lowest BCUT2D eigenvalue weighted by Gasteiger charge is -2.57. The number of aromatic nitrogens is 2. The Morgan fingerprint density at radius 1 is 1.25 bits per heavy atom. The van der Waals surface area contributed by atoms with E-state index in [0.29, 0.717) is 35.7 Å². The van der Waals surface area contributed by atoms with Gasteiger partial charge in [0.1, 0.15) is 6.07 Å². The predicted octanol–water partition coefficient (Wildman–Crippen LogP) is 4.54. The predicted molar refractivity (Wildman–Crippen MR) is 118 cm³/mol. The lowest BCUT2D eigenvalue weighted by Crippen LogP contribution is -2.52. The summed E-state index contributed by atoms with van der Waals surface area (Å²) in [5, 5.41) is 23.8. The molecule has 4 saturated carbocycles. The average Bonchev–Trinajstić information content (AvgIpc) is 3.33. The molecule has 0 saturated heterocycles. The van der Waals surface area contributed by atoms with Crippen molar-refractivity contribution in [3.05, 3.63) is 18.0 Å². The summed E-state index contributed by atoms with van der Waals surface area (Å²) in [5.41, 5.74) is -0.215. The van der Waals surface area contributed by atoms with Crippen molar-refractivity contribution >= 4 is 5.78 Å². The zero-order valence-corrected chi connectivity index (χ0v) is 19.3. The van der Waals surface area contributed by atoms with E-state index in [2.05, 4.69) is 18.1 Å². The molecule has 32 heavy (non-hydrogen) atoms. The van der Waals surface area contributed by atoms with E-state index in [9.17, 15) is 14.3 Å². The molecule has 174 valence electrons. The first kappa shape index (κ1) is 22.1. The fraction of sp³-hybridized carbons (Fsp3) is 0.808. The van der Waals surface area contributed by atoms with Gasteiger partial charge in [0.15, 0.2) is 5.78 Å². The van der Waals surface area contributed by atoms with Gasteiger partial charge in [-0.05, 0) is 99.2 Å². The molecule has 4 fully saturated rings. The largest absolute Gasteiger partial charge is 0.390 e. The Labute approximate surface area is 190 Å². The van der Waals surface area contributed by atoms with Crippen LogP contribution in [0.25, 0.3) is 0 Å². The van der Waals surface area contributed by atoms with Gasteiger partial charge in [0.25, 0.3) is 0 Å². The molecule has 0 spiro atoms. The van der Waals surface area contributed by atoms with E-state index >= 15 is 0 Å². The van der Waals surface area contributed by atoms with Gasteiger partial charge in [-0.2, -0.15) is 10.4 Å². The summed E-state index contributed by atoms with van der Waals surface area (Å²) in [6, 6.07) is 2.06. The Kier molecular flexibility index (Phi) is 5.47. The van der Waals surface area contributed by atoms with Crippen molar-refractivity contribution in [3.8, 4) is 6.07 Å². The lowest BCUT2D eigenvalue weighted by atomic mass is 9.48. The van der Waals surface area contributed by atoms with Gasteiger partial charge in [-0.25, -0.2) is 0 Å². The van der Waals surface area contributed by atoms with E-state index < -0.39 is 5.60 Å². The van der Waals surface area contributed by atoms with Crippen LogP contribution in [-0.2, 0) is 11.3 Å². The number of hydrogen-bond donors (Lipinski definition) is 1. The highest BCUT2D eigenvalue weighted by Crippen LogP contribution is 2.66. The Morgan fingerprint density at radius 2 is 2.03 bits per heavy atom. The quantitative estimate of drug-likeness (QED) is 0.744. The van der Waals surface area contributed by atoms with Crippen molar-refractivity contribution in [2.75, 3.05) is 6.67 Å². The number of halogens is 1. The monoisotopic (exact) mass is 441 g/mol. The van der Waals surface area contributed by atoms with E-state index in [1.165, 1.54) is 6.20 Å². The van der Waals surface area contributed by atoms with E-state index in [1.54, 1.807) is 10.9 Å². The van der Waals surface area contributed by atoms with Crippen molar-refractivity contribution in [2.24, 2.45) is 46.8 Å². The Bertz CT molecular complexity index is 920. The molecule has 0 aliphatic heterocycles. The number of nitriles is 1. The molecule has 4 aliphatic rings. The van der Waals surface area contributed by atoms with Crippen molar-refractivity contribution in [1.82, 2.24) is 9.78 Å². The van der Waals surface area contributed by atoms with Gasteiger partial charge < -0.3 is 5.11 Å². The van der Waals surface area contributed by atoms with Crippen LogP contribution in [0.3, 0.4) is 0 Å².